The summed E-state index contributed by atoms with van der Waals surface area (Å²) in [6.07, 6.45) is 8.83. The molecule has 0 fully saturated rings. The molecule has 2 heterocycles. The van der Waals surface area contributed by atoms with Crippen molar-refractivity contribution < 1.29 is 8.78 Å². The lowest BCUT2D eigenvalue weighted by molar-refractivity contribution is 0.585. The third-order valence-corrected chi connectivity index (χ3v) is 5.39. The Hall–Kier alpha value is -3.65. The molecule has 4 aromatic rings. The van der Waals surface area contributed by atoms with Crippen LogP contribution < -0.4 is 10.5 Å². The summed E-state index contributed by atoms with van der Waals surface area (Å²) in [6, 6.07) is 12.9. The molecule has 0 radical (unpaired) electrons. The van der Waals surface area contributed by atoms with Crippen LogP contribution in [0.1, 0.15) is 11.3 Å². The molecule has 3 N–H and O–H groups in total. The van der Waals surface area contributed by atoms with Crippen LogP contribution in [-0.4, -0.2) is 21.0 Å². The summed E-state index contributed by atoms with van der Waals surface area (Å²) < 4.78 is 32.8. The number of hydrogen-bond donors (Lipinski definition) is 2. The molecule has 4 rings (SSSR count). The minimum Gasteiger partial charge on any atom is -0.404 e. The van der Waals surface area contributed by atoms with Gasteiger partial charge in [-0.05, 0) is 47.5 Å². The highest BCUT2D eigenvalue weighted by Gasteiger charge is 2.13. The van der Waals surface area contributed by atoms with Gasteiger partial charge in [-0.3, -0.25) is 9.67 Å². The zero-order chi connectivity index (χ0) is 22.7. The van der Waals surface area contributed by atoms with E-state index >= 15 is 0 Å². The third-order valence-electron chi connectivity index (χ3n) is 4.95. The molecule has 2 aromatic carbocycles. The molecule has 0 aliphatic rings. The summed E-state index contributed by atoms with van der Waals surface area (Å²) in [4.78, 5) is 4.58. The van der Waals surface area contributed by atoms with Crippen molar-refractivity contribution >= 4 is 23.2 Å². The minimum absolute atomic E-state index is 0.300. The Morgan fingerprint density at radius 3 is 2.50 bits per heavy atom. The summed E-state index contributed by atoms with van der Waals surface area (Å²) in [5.74, 6) is -1.25. The monoisotopic (exact) mass is 449 g/mol. The molecule has 0 atom stereocenters. The number of nitrogens with one attached hydrogen (secondary N) is 1. The number of aromatic nitrogens is 3. The first-order chi connectivity index (χ1) is 15.5. The van der Waals surface area contributed by atoms with Gasteiger partial charge in [-0.2, -0.15) is 5.10 Å². The highest BCUT2D eigenvalue weighted by Crippen LogP contribution is 2.33. The van der Waals surface area contributed by atoms with Crippen LogP contribution in [0.15, 0.2) is 73.3 Å². The van der Waals surface area contributed by atoms with E-state index in [-0.39, 0.29) is 0 Å². The van der Waals surface area contributed by atoms with Crippen molar-refractivity contribution in [3.05, 3.63) is 96.2 Å². The van der Waals surface area contributed by atoms with Gasteiger partial charge in [0.05, 0.1) is 11.9 Å². The molecule has 32 heavy (non-hydrogen) atoms. The molecule has 0 bridgehead atoms. The van der Waals surface area contributed by atoms with Crippen molar-refractivity contribution in [1.82, 2.24) is 14.8 Å². The van der Waals surface area contributed by atoms with Gasteiger partial charge < -0.3 is 10.5 Å². The molecular weight excluding hydrogens is 428 g/mol. The van der Waals surface area contributed by atoms with Crippen LogP contribution in [0, 0.1) is 11.6 Å². The van der Waals surface area contributed by atoms with Gasteiger partial charge in [0.25, 0.3) is 0 Å². The normalized spacial score (nSPS) is 11.6. The van der Waals surface area contributed by atoms with E-state index in [2.05, 4.69) is 14.8 Å². The number of rotatable bonds is 6. The van der Waals surface area contributed by atoms with E-state index in [4.69, 9.17) is 5.73 Å². The molecule has 0 amide bonds. The highest BCUT2D eigenvalue weighted by molar-refractivity contribution is 7.99. The Morgan fingerprint density at radius 1 is 1.03 bits per heavy atom. The lowest BCUT2D eigenvalue weighted by Gasteiger charge is -2.14. The lowest BCUT2D eigenvalue weighted by Crippen LogP contribution is -1.98. The van der Waals surface area contributed by atoms with Crippen LogP contribution >= 0.6 is 11.9 Å². The van der Waals surface area contributed by atoms with Crippen LogP contribution in [-0.2, 0) is 7.05 Å². The maximum absolute atomic E-state index is 14.5. The summed E-state index contributed by atoms with van der Waals surface area (Å²) in [5, 5.41) is 4.19. The van der Waals surface area contributed by atoms with Crippen molar-refractivity contribution in [2.45, 2.75) is 0 Å². The second-order valence-electron chi connectivity index (χ2n) is 7.14. The predicted octanol–water partition coefficient (Wildman–Crippen LogP) is 5.47. The standard InChI is InChI=1S/C24H21F2N5S/c1-31-14-18(13-29-31)15-3-6-24(28-12-15)22(11-27)17-7-16(8-20(9-17)30-32-2)21-5-4-19(25)10-23(21)26/h3-14,30H,27H2,1-2H3. The van der Waals surface area contributed by atoms with Crippen LogP contribution in [0.4, 0.5) is 14.5 Å². The van der Waals surface area contributed by atoms with Crippen LogP contribution in [0.2, 0.25) is 0 Å². The molecule has 0 spiro atoms. The number of pyridine rings is 1. The molecule has 8 heteroatoms. The second kappa shape index (κ2) is 9.23. The maximum Gasteiger partial charge on any atom is 0.133 e. The number of anilines is 1. The quantitative estimate of drug-likeness (QED) is 0.382. The molecule has 0 saturated heterocycles. The van der Waals surface area contributed by atoms with Crippen molar-refractivity contribution in [2.24, 2.45) is 12.8 Å². The summed E-state index contributed by atoms with van der Waals surface area (Å²) in [7, 11) is 1.86. The van der Waals surface area contributed by atoms with Gasteiger partial charge in [0.2, 0.25) is 0 Å². The van der Waals surface area contributed by atoms with Crippen LogP contribution in [0.3, 0.4) is 0 Å². The average molecular weight is 450 g/mol. The van der Waals surface area contributed by atoms with Crippen molar-refractivity contribution in [1.29, 1.82) is 0 Å². The number of halogens is 2. The minimum atomic E-state index is -0.630. The fourth-order valence-corrected chi connectivity index (χ4v) is 3.82. The van der Waals surface area contributed by atoms with Gasteiger partial charge >= 0.3 is 0 Å². The van der Waals surface area contributed by atoms with E-state index in [1.165, 1.54) is 30.3 Å². The number of aryl methyl sites for hydroxylation is 1. The third kappa shape index (κ3) is 4.50. The molecular formula is C24H21F2N5S. The maximum atomic E-state index is 14.5. The predicted molar refractivity (Wildman–Crippen MR) is 127 cm³/mol. The second-order valence-corrected chi connectivity index (χ2v) is 7.76. The molecule has 0 aliphatic heterocycles. The SMILES string of the molecule is CSNc1cc(C(=CN)c2ccc(-c3cnn(C)c3)cn2)cc(-c2ccc(F)cc2F)c1. The Bertz CT molecular complexity index is 1280. The van der Waals surface area contributed by atoms with Crippen molar-refractivity contribution in [3.63, 3.8) is 0 Å². The van der Waals surface area contributed by atoms with E-state index in [1.54, 1.807) is 17.1 Å². The lowest BCUT2D eigenvalue weighted by atomic mass is 9.96. The Labute approximate surface area is 189 Å². The average Bonchev–Trinajstić information content (AvgIpc) is 3.21. The Morgan fingerprint density at radius 2 is 1.88 bits per heavy atom. The number of nitrogens with zero attached hydrogens (tertiary/aromatic N) is 3. The van der Waals surface area contributed by atoms with Gasteiger partial charge in [0.15, 0.2) is 0 Å². The summed E-state index contributed by atoms with van der Waals surface area (Å²) in [6.45, 7) is 0. The van der Waals surface area contributed by atoms with Crippen LogP contribution in [0.5, 0.6) is 0 Å². The van der Waals surface area contributed by atoms with E-state index in [1.807, 2.05) is 49.8 Å². The zero-order valence-electron chi connectivity index (χ0n) is 17.5. The van der Waals surface area contributed by atoms with Gasteiger partial charge in [-0.1, -0.05) is 18.0 Å². The Balaban J connectivity index is 1.75. The molecule has 0 saturated carbocycles. The topological polar surface area (TPSA) is 68.8 Å². The molecule has 5 nitrogen and oxygen atoms in total. The van der Waals surface area contributed by atoms with E-state index in [0.717, 1.165) is 28.4 Å². The number of benzene rings is 2. The zero-order valence-corrected chi connectivity index (χ0v) is 18.3. The van der Waals surface area contributed by atoms with Gasteiger partial charge in [-0.25, -0.2) is 8.78 Å². The highest BCUT2D eigenvalue weighted by atomic mass is 32.2. The summed E-state index contributed by atoms with van der Waals surface area (Å²) in [5.41, 5.74) is 11.7. The largest absolute Gasteiger partial charge is 0.404 e. The van der Waals surface area contributed by atoms with E-state index < -0.39 is 11.6 Å². The van der Waals surface area contributed by atoms with Gasteiger partial charge in [0, 0.05) is 65.9 Å². The van der Waals surface area contributed by atoms with E-state index in [0.29, 0.717) is 22.4 Å². The fraction of sp³-hybridized carbons (Fsp3) is 0.0833. The first-order valence-corrected chi connectivity index (χ1v) is 11.0. The van der Waals surface area contributed by atoms with Crippen molar-refractivity contribution in [2.75, 3.05) is 11.0 Å². The first-order valence-electron chi connectivity index (χ1n) is 9.75. The van der Waals surface area contributed by atoms with Crippen LogP contribution in [0.25, 0.3) is 27.8 Å². The Kier molecular flexibility index (Phi) is 6.23. The smallest absolute Gasteiger partial charge is 0.133 e. The molecule has 2 aromatic heterocycles. The number of nitrogens with two attached hydrogens (primary N) is 1. The molecule has 0 unspecified atom stereocenters. The van der Waals surface area contributed by atoms with Crippen molar-refractivity contribution in [3.8, 4) is 22.3 Å². The van der Waals surface area contributed by atoms with E-state index in [9.17, 15) is 8.78 Å². The number of hydrogen-bond acceptors (Lipinski definition) is 5. The molecule has 162 valence electrons. The fourth-order valence-electron chi connectivity index (χ4n) is 3.46. The van der Waals surface area contributed by atoms with Gasteiger partial charge in [0.1, 0.15) is 11.6 Å². The summed E-state index contributed by atoms with van der Waals surface area (Å²) >= 11 is 1.41. The van der Waals surface area contributed by atoms with Gasteiger partial charge in [-0.15, -0.1) is 0 Å². The molecule has 0 aliphatic carbocycles. The first kappa shape index (κ1) is 21.6.